The van der Waals surface area contributed by atoms with Gasteiger partial charge in [0.15, 0.2) is 0 Å². The highest BCUT2D eigenvalue weighted by Crippen LogP contribution is 2.26. The lowest BCUT2D eigenvalue weighted by Crippen LogP contribution is -2.58. The summed E-state index contributed by atoms with van der Waals surface area (Å²) in [5.74, 6) is -0.478. The molecule has 0 aliphatic carbocycles. The van der Waals surface area contributed by atoms with Gasteiger partial charge in [0.05, 0.1) is 6.04 Å². The maximum atomic E-state index is 13.0. The molecule has 2 saturated heterocycles. The summed E-state index contributed by atoms with van der Waals surface area (Å²) < 4.78 is 13.0. The van der Waals surface area contributed by atoms with Gasteiger partial charge in [-0.05, 0) is 48.7 Å². The van der Waals surface area contributed by atoms with Gasteiger partial charge in [0.2, 0.25) is 11.8 Å². The lowest BCUT2D eigenvalue weighted by Gasteiger charge is -2.37. The van der Waals surface area contributed by atoms with Gasteiger partial charge >= 0.3 is 6.03 Å². The van der Waals surface area contributed by atoms with Gasteiger partial charge in [0.1, 0.15) is 5.82 Å². The van der Waals surface area contributed by atoms with Crippen molar-refractivity contribution in [3.05, 3.63) is 64.9 Å². The molecule has 3 unspecified atom stereocenters. The number of piperazine rings is 1. The van der Waals surface area contributed by atoms with E-state index in [1.54, 1.807) is 36.4 Å². The summed E-state index contributed by atoms with van der Waals surface area (Å²) in [7, 11) is 0. The van der Waals surface area contributed by atoms with Crippen LogP contribution in [0.4, 0.5) is 14.9 Å². The van der Waals surface area contributed by atoms with Crippen molar-refractivity contribution in [1.82, 2.24) is 20.9 Å². The second-order valence-electron chi connectivity index (χ2n) is 8.59. The summed E-state index contributed by atoms with van der Waals surface area (Å²) in [5.41, 5.74) is 1.41. The van der Waals surface area contributed by atoms with Crippen LogP contribution in [0.1, 0.15) is 24.8 Å². The van der Waals surface area contributed by atoms with Crippen molar-refractivity contribution in [3.63, 3.8) is 0 Å². The molecule has 0 bridgehead atoms. The first-order valence-electron chi connectivity index (χ1n) is 11.2. The summed E-state index contributed by atoms with van der Waals surface area (Å²) in [6.45, 7) is 1.32. The molecular weight excluding hydrogens is 461 g/mol. The molecule has 0 spiro atoms. The van der Waals surface area contributed by atoms with Crippen LogP contribution in [0.25, 0.3) is 0 Å². The van der Waals surface area contributed by atoms with E-state index >= 15 is 0 Å². The molecule has 0 saturated carbocycles. The molecular formula is C24H27ClFN5O3. The van der Waals surface area contributed by atoms with E-state index in [0.29, 0.717) is 49.6 Å². The minimum absolute atomic E-state index is 0.00191. The van der Waals surface area contributed by atoms with Crippen molar-refractivity contribution in [2.24, 2.45) is 0 Å². The Hall–Kier alpha value is -3.17. The predicted molar refractivity (Wildman–Crippen MR) is 127 cm³/mol. The normalized spacial score (nSPS) is 21.9. The second kappa shape index (κ2) is 10.8. The van der Waals surface area contributed by atoms with Gasteiger partial charge in [-0.15, -0.1) is 0 Å². The molecule has 2 fully saturated rings. The number of benzene rings is 2. The number of urea groups is 1. The SMILES string of the molecule is O=C(CCC1CNC(=O)C2CC(NC(=O)Nc3cccc(Cl)c3)CN12)NCc1ccc(F)cc1. The Balaban J connectivity index is 1.26. The largest absolute Gasteiger partial charge is 0.353 e. The topological polar surface area (TPSA) is 103 Å². The minimum atomic E-state index is -0.357. The van der Waals surface area contributed by atoms with Crippen LogP contribution in [0.3, 0.4) is 0 Å². The molecule has 10 heteroatoms. The van der Waals surface area contributed by atoms with Crippen LogP contribution in [0, 0.1) is 5.82 Å². The number of halogens is 2. The van der Waals surface area contributed by atoms with E-state index in [4.69, 9.17) is 11.6 Å². The zero-order chi connectivity index (χ0) is 24.1. The third-order valence-electron chi connectivity index (χ3n) is 6.15. The molecule has 34 heavy (non-hydrogen) atoms. The number of hydrogen-bond donors (Lipinski definition) is 4. The highest BCUT2D eigenvalue weighted by Gasteiger charge is 2.43. The molecule has 2 aromatic carbocycles. The summed E-state index contributed by atoms with van der Waals surface area (Å²) in [6.07, 6.45) is 1.38. The highest BCUT2D eigenvalue weighted by atomic mass is 35.5. The van der Waals surface area contributed by atoms with Gasteiger partial charge in [-0.3, -0.25) is 14.5 Å². The van der Waals surface area contributed by atoms with Gasteiger partial charge in [-0.25, -0.2) is 9.18 Å². The summed E-state index contributed by atoms with van der Waals surface area (Å²) >= 11 is 5.96. The van der Waals surface area contributed by atoms with Gasteiger partial charge in [-0.1, -0.05) is 29.8 Å². The number of amides is 4. The second-order valence-corrected chi connectivity index (χ2v) is 9.03. The van der Waals surface area contributed by atoms with E-state index in [1.165, 1.54) is 12.1 Å². The van der Waals surface area contributed by atoms with Gasteiger partial charge in [0, 0.05) is 48.8 Å². The van der Waals surface area contributed by atoms with Crippen LogP contribution < -0.4 is 21.3 Å². The van der Waals surface area contributed by atoms with E-state index in [9.17, 15) is 18.8 Å². The van der Waals surface area contributed by atoms with Crippen LogP contribution in [0.15, 0.2) is 48.5 Å². The van der Waals surface area contributed by atoms with Crippen molar-refractivity contribution >= 4 is 35.1 Å². The summed E-state index contributed by atoms with van der Waals surface area (Å²) in [4.78, 5) is 39.2. The van der Waals surface area contributed by atoms with E-state index in [1.807, 2.05) is 0 Å². The maximum absolute atomic E-state index is 13.0. The molecule has 2 aliphatic rings. The zero-order valence-corrected chi connectivity index (χ0v) is 19.3. The Bertz CT molecular complexity index is 1050. The number of rotatable bonds is 7. The molecule has 4 amide bonds. The van der Waals surface area contributed by atoms with E-state index in [2.05, 4.69) is 26.2 Å². The van der Waals surface area contributed by atoms with Gasteiger partial charge in [0.25, 0.3) is 0 Å². The first-order valence-corrected chi connectivity index (χ1v) is 11.6. The molecule has 2 aliphatic heterocycles. The minimum Gasteiger partial charge on any atom is -0.353 e. The van der Waals surface area contributed by atoms with E-state index in [-0.39, 0.29) is 41.8 Å². The molecule has 8 nitrogen and oxygen atoms in total. The smallest absolute Gasteiger partial charge is 0.319 e. The highest BCUT2D eigenvalue weighted by molar-refractivity contribution is 6.30. The monoisotopic (exact) mass is 487 g/mol. The van der Waals surface area contributed by atoms with E-state index < -0.39 is 0 Å². The molecule has 0 radical (unpaired) electrons. The Morgan fingerprint density at radius 1 is 1.18 bits per heavy atom. The number of carbonyl (C=O) groups is 3. The molecule has 180 valence electrons. The molecule has 0 aromatic heterocycles. The third-order valence-corrected chi connectivity index (χ3v) is 6.38. The van der Waals surface area contributed by atoms with Crippen molar-refractivity contribution in [2.75, 3.05) is 18.4 Å². The average molecular weight is 488 g/mol. The predicted octanol–water partition coefficient (Wildman–Crippen LogP) is 2.64. The number of nitrogens with zero attached hydrogens (tertiary/aromatic N) is 1. The molecule has 2 heterocycles. The standard InChI is InChI=1S/C24H27ClFN5O3/c25-16-2-1-3-18(10-16)29-24(34)30-19-11-21-23(33)28-13-20(31(21)14-19)8-9-22(32)27-12-15-4-6-17(26)7-5-15/h1-7,10,19-21H,8-9,11-14H2,(H,27,32)(H,28,33)(H2,29,30,34). The van der Waals surface area contributed by atoms with E-state index in [0.717, 1.165) is 5.56 Å². The number of hydrogen-bond acceptors (Lipinski definition) is 4. The molecule has 4 N–H and O–H groups in total. The Morgan fingerprint density at radius 2 is 1.97 bits per heavy atom. The fourth-order valence-electron chi connectivity index (χ4n) is 4.46. The average Bonchev–Trinajstić information content (AvgIpc) is 3.22. The lowest BCUT2D eigenvalue weighted by molar-refractivity contribution is -0.129. The summed E-state index contributed by atoms with van der Waals surface area (Å²) in [6, 6.07) is 12.0. The first kappa shape index (κ1) is 24.0. The molecule has 2 aromatic rings. The Kier molecular flexibility index (Phi) is 7.64. The lowest BCUT2D eigenvalue weighted by atomic mass is 10.0. The Labute approximate surface area is 202 Å². The maximum Gasteiger partial charge on any atom is 0.319 e. The number of nitrogens with one attached hydrogen (secondary N) is 4. The number of fused-ring (bicyclic) bond motifs is 1. The van der Waals surface area contributed by atoms with Crippen molar-refractivity contribution < 1.29 is 18.8 Å². The van der Waals surface area contributed by atoms with Crippen molar-refractivity contribution in [1.29, 1.82) is 0 Å². The number of carbonyl (C=O) groups excluding carboxylic acids is 3. The van der Waals surface area contributed by atoms with Crippen LogP contribution in [-0.4, -0.2) is 54.0 Å². The fraction of sp³-hybridized carbons (Fsp3) is 0.375. The molecule has 4 rings (SSSR count). The van der Waals surface area contributed by atoms with Crippen LogP contribution in [-0.2, 0) is 16.1 Å². The van der Waals surface area contributed by atoms with Crippen LogP contribution in [0.2, 0.25) is 5.02 Å². The molecule has 3 atom stereocenters. The van der Waals surface area contributed by atoms with Gasteiger partial charge in [-0.2, -0.15) is 0 Å². The quantitative estimate of drug-likeness (QED) is 0.482. The van der Waals surface area contributed by atoms with Crippen LogP contribution in [0.5, 0.6) is 0 Å². The first-order chi connectivity index (χ1) is 16.4. The Morgan fingerprint density at radius 3 is 2.74 bits per heavy atom. The fourth-order valence-corrected chi connectivity index (χ4v) is 4.65. The van der Waals surface area contributed by atoms with Crippen LogP contribution >= 0.6 is 11.6 Å². The third kappa shape index (κ3) is 6.24. The number of anilines is 1. The van der Waals surface area contributed by atoms with Gasteiger partial charge < -0.3 is 21.3 Å². The summed E-state index contributed by atoms with van der Waals surface area (Å²) in [5, 5.41) is 12.0. The van der Waals surface area contributed by atoms with Crippen molar-refractivity contribution in [3.8, 4) is 0 Å². The van der Waals surface area contributed by atoms with Crippen molar-refractivity contribution in [2.45, 2.75) is 43.9 Å². The zero-order valence-electron chi connectivity index (χ0n) is 18.5.